The Hall–Kier alpha value is -1.81. The SMILES string of the molecule is CCNC(c1ccncc1)c1cccc(F)c1F. The van der Waals surface area contributed by atoms with Crippen LogP contribution in [0, 0.1) is 11.6 Å². The quantitative estimate of drug-likeness (QED) is 0.899. The van der Waals surface area contributed by atoms with E-state index in [4.69, 9.17) is 0 Å². The molecular weight excluding hydrogens is 234 g/mol. The molecule has 0 saturated heterocycles. The first-order chi connectivity index (χ1) is 8.74. The summed E-state index contributed by atoms with van der Waals surface area (Å²) in [5.74, 6) is -1.63. The van der Waals surface area contributed by atoms with Gasteiger partial charge in [0.05, 0.1) is 6.04 Å². The summed E-state index contributed by atoms with van der Waals surface area (Å²) in [5, 5.41) is 3.15. The molecule has 0 aliphatic rings. The van der Waals surface area contributed by atoms with Crippen molar-refractivity contribution in [1.82, 2.24) is 10.3 Å². The van der Waals surface area contributed by atoms with Gasteiger partial charge in [-0.1, -0.05) is 19.1 Å². The van der Waals surface area contributed by atoms with Crippen molar-refractivity contribution in [3.05, 3.63) is 65.5 Å². The van der Waals surface area contributed by atoms with Crippen LogP contribution in [0.5, 0.6) is 0 Å². The molecule has 1 aromatic carbocycles. The Morgan fingerprint density at radius 1 is 1.17 bits per heavy atom. The molecule has 0 bridgehead atoms. The molecule has 18 heavy (non-hydrogen) atoms. The van der Waals surface area contributed by atoms with Crippen LogP contribution in [0.25, 0.3) is 0 Å². The van der Waals surface area contributed by atoms with E-state index in [1.807, 2.05) is 6.92 Å². The van der Waals surface area contributed by atoms with Gasteiger partial charge in [-0.05, 0) is 30.3 Å². The topological polar surface area (TPSA) is 24.9 Å². The normalized spacial score (nSPS) is 12.4. The number of hydrogen-bond acceptors (Lipinski definition) is 2. The molecule has 0 fully saturated rings. The Kier molecular flexibility index (Phi) is 3.99. The van der Waals surface area contributed by atoms with E-state index in [1.54, 1.807) is 30.6 Å². The molecule has 0 amide bonds. The molecule has 2 aromatic rings. The Bertz CT molecular complexity index is 514. The van der Waals surface area contributed by atoms with E-state index in [-0.39, 0.29) is 6.04 Å². The first kappa shape index (κ1) is 12.6. The molecule has 0 aliphatic carbocycles. The molecule has 1 N–H and O–H groups in total. The minimum Gasteiger partial charge on any atom is -0.306 e. The molecule has 0 saturated carbocycles. The van der Waals surface area contributed by atoms with Crippen LogP contribution >= 0.6 is 0 Å². The summed E-state index contributed by atoms with van der Waals surface area (Å²) in [7, 11) is 0. The van der Waals surface area contributed by atoms with Gasteiger partial charge in [0.25, 0.3) is 0 Å². The smallest absolute Gasteiger partial charge is 0.163 e. The summed E-state index contributed by atoms with van der Waals surface area (Å²) >= 11 is 0. The molecular formula is C14H14F2N2. The maximum absolute atomic E-state index is 13.8. The fraction of sp³-hybridized carbons (Fsp3) is 0.214. The van der Waals surface area contributed by atoms with Crippen LogP contribution in [-0.4, -0.2) is 11.5 Å². The minimum absolute atomic E-state index is 0.308. The minimum atomic E-state index is -0.829. The fourth-order valence-corrected chi connectivity index (χ4v) is 1.91. The molecule has 1 unspecified atom stereocenters. The Morgan fingerprint density at radius 3 is 2.56 bits per heavy atom. The van der Waals surface area contributed by atoms with Crippen molar-refractivity contribution in [1.29, 1.82) is 0 Å². The summed E-state index contributed by atoms with van der Waals surface area (Å²) in [6.45, 7) is 2.58. The second kappa shape index (κ2) is 5.69. The zero-order valence-electron chi connectivity index (χ0n) is 10.0. The lowest BCUT2D eigenvalue weighted by Gasteiger charge is -2.19. The van der Waals surface area contributed by atoms with Gasteiger partial charge in [-0.15, -0.1) is 0 Å². The van der Waals surface area contributed by atoms with E-state index in [2.05, 4.69) is 10.3 Å². The van der Waals surface area contributed by atoms with Gasteiger partial charge in [-0.25, -0.2) is 8.78 Å². The molecule has 94 valence electrons. The number of nitrogens with zero attached hydrogens (tertiary/aromatic N) is 1. The summed E-state index contributed by atoms with van der Waals surface area (Å²) in [6, 6.07) is 7.43. The van der Waals surface area contributed by atoms with Crippen LogP contribution in [0.1, 0.15) is 24.1 Å². The van der Waals surface area contributed by atoms with Crippen molar-refractivity contribution < 1.29 is 8.78 Å². The summed E-state index contributed by atoms with van der Waals surface area (Å²) < 4.78 is 27.1. The molecule has 2 nitrogen and oxygen atoms in total. The highest BCUT2D eigenvalue weighted by atomic mass is 19.2. The zero-order valence-corrected chi connectivity index (χ0v) is 10.0. The largest absolute Gasteiger partial charge is 0.306 e. The predicted octanol–water partition coefficient (Wildman–Crippen LogP) is 3.06. The molecule has 1 heterocycles. The lowest BCUT2D eigenvalue weighted by molar-refractivity contribution is 0.483. The number of rotatable bonds is 4. The third kappa shape index (κ3) is 2.54. The van der Waals surface area contributed by atoms with Gasteiger partial charge in [0.1, 0.15) is 0 Å². The third-order valence-electron chi connectivity index (χ3n) is 2.74. The number of halogens is 2. The van der Waals surface area contributed by atoms with E-state index < -0.39 is 11.6 Å². The van der Waals surface area contributed by atoms with Gasteiger partial charge < -0.3 is 5.32 Å². The summed E-state index contributed by atoms with van der Waals surface area (Å²) in [4.78, 5) is 3.93. The van der Waals surface area contributed by atoms with Gasteiger partial charge in [-0.2, -0.15) is 0 Å². The van der Waals surface area contributed by atoms with Crippen LogP contribution in [0.3, 0.4) is 0 Å². The van der Waals surface area contributed by atoms with Crippen LogP contribution in [0.4, 0.5) is 8.78 Å². The lowest BCUT2D eigenvalue weighted by atomic mass is 9.99. The van der Waals surface area contributed by atoms with Crippen LogP contribution in [0.2, 0.25) is 0 Å². The van der Waals surface area contributed by atoms with E-state index in [9.17, 15) is 8.78 Å². The second-order valence-corrected chi connectivity index (χ2v) is 3.91. The second-order valence-electron chi connectivity index (χ2n) is 3.91. The predicted molar refractivity (Wildman–Crippen MR) is 66.1 cm³/mol. The fourth-order valence-electron chi connectivity index (χ4n) is 1.91. The van der Waals surface area contributed by atoms with Crippen molar-refractivity contribution in [3.8, 4) is 0 Å². The average molecular weight is 248 g/mol. The van der Waals surface area contributed by atoms with Crippen LogP contribution in [0.15, 0.2) is 42.7 Å². The molecule has 1 atom stereocenters. The van der Waals surface area contributed by atoms with Gasteiger partial charge in [0.15, 0.2) is 11.6 Å². The third-order valence-corrected chi connectivity index (χ3v) is 2.74. The molecule has 4 heteroatoms. The lowest BCUT2D eigenvalue weighted by Crippen LogP contribution is -2.23. The van der Waals surface area contributed by atoms with Crippen molar-refractivity contribution >= 4 is 0 Å². The van der Waals surface area contributed by atoms with E-state index in [0.29, 0.717) is 12.1 Å². The van der Waals surface area contributed by atoms with Crippen molar-refractivity contribution in [2.45, 2.75) is 13.0 Å². The highest BCUT2D eigenvalue weighted by molar-refractivity contribution is 5.32. The van der Waals surface area contributed by atoms with Crippen molar-refractivity contribution in [3.63, 3.8) is 0 Å². The maximum atomic E-state index is 13.8. The molecule has 0 radical (unpaired) electrons. The molecule has 0 aliphatic heterocycles. The highest BCUT2D eigenvalue weighted by Crippen LogP contribution is 2.25. The van der Waals surface area contributed by atoms with Crippen LogP contribution in [-0.2, 0) is 0 Å². The monoisotopic (exact) mass is 248 g/mol. The summed E-state index contributed by atoms with van der Waals surface area (Å²) in [6.07, 6.45) is 3.27. The first-order valence-electron chi connectivity index (χ1n) is 5.81. The zero-order chi connectivity index (χ0) is 13.0. The van der Waals surface area contributed by atoms with Gasteiger partial charge in [0.2, 0.25) is 0 Å². The number of nitrogens with one attached hydrogen (secondary N) is 1. The van der Waals surface area contributed by atoms with Gasteiger partial charge >= 0.3 is 0 Å². The molecule has 2 rings (SSSR count). The number of aromatic nitrogens is 1. The molecule has 1 aromatic heterocycles. The van der Waals surface area contributed by atoms with Crippen LogP contribution < -0.4 is 5.32 Å². The average Bonchev–Trinajstić information content (AvgIpc) is 2.41. The number of benzene rings is 1. The standard InChI is InChI=1S/C14H14F2N2/c1-2-18-14(10-6-8-17-9-7-10)11-4-3-5-12(15)13(11)16/h3-9,14,18H,2H2,1H3. The van der Waals surface area contributed by atoms with Crippen molar-refractivity contribution in [2.75, 3.05) is 6.54 Å². The highest BCUT2D eigenvalue weighted by Gasteiger charge is 2.18. The summed E-state index contributed by atoms with van der Waals surface area (Å²) in [5.41, 5.74) is 1.17. The first-order valence-corrected chi connectivity index (χ1v) is 5.81. The number of hydrogen-bond donors (Lipinski definition) is 1. The maximum Gasteiger partial charge on any atom is 0.163 e. The van der Waals surface area contributed by atoms with E-state index >= 15 is 0 Å². The van der Waals surface area contributed by atoms with E-state index in [0.717, 1.165) is 11.6 Å². The Labute approximate surface area is 105 Å². The van der Waals surface area contributed by atoms with Crippen molar-refractivity contribution in [2.24, 2.45) is 0 Å². The van der Waals surface area contributed by atoms with E-state index in [1.165, 1.54) is 6.07 Å². The Morgan fingerprint density at radius 2 is 1.89 bits per heavy atom. The van der Waals surface area contributed by atoms with Gasteiger partial charge in [0, 0.05) is 18.0 Å². The number of pyridine rings is 1. The Balaban J connectivity index is 2.45. The molecule has 0 spiro atoms. The van der Waals surface area contributed by atoms with Gasteiger partial charge in [-0.3, -0.25) is 4.98 Å².